The van der Waals surface area contributed by atoms with E-state index in [1.54, 1.807) is 6.07 Å². The zero-order chi connectivity index (χ0) is 22.4. The van der Waals surface area contributed by atoms with Crippen LogP contribution in [0.3, 0.4) is 0 Å². The van der Waals surface area contributed by atoms with Gasteiger partial charge in [0.1, 0.15) is 5.82 Å². The normalized spacial score (nSPS) is 11.6. The van der Waals surface area contributed by atoms with Crippen LogP contribution in [0.2, 0.25) is 5.02 Å². The van der Waals surface area contributed by atoms with Crippen LogP contribution in [0, 0.1) is 0 Å². The fourth-order valence-corrected chi connectivity index (χ4v) is 3.18. The molecule has 0 saturated heterocycles. The topological polar surface area (TPSA) is 53.1 Å². The van der Waals surface area contributed by atoms with Crippen molar-refractivity contribution in [2.45, 2.75) is 12.6 Å². The van der Waals surface area contributed by atoms with E-state index in [9.17, 15) is 13.2 Å². The van der Waals surface area contributed by atoms with Crippen molar-refractivity contribution in [3.05, 3.63) is 65.2 Å². The molecule has 0 bridgehead atoms. The van der Waals surface area contributed by atoms with Crippen molar-refractivity contribution >= 4 is 29.1 Å². The second-order valence-corrected chi connectivity index (χ2v) is 7.60. The number of para-hydroxylation sites is 1. The lowest BCUT2D eigenvalue weighted by Crippen LogP contribution is -2.17. The van der Waals surface area contributed by atoms with Gasteiger partial charge in [0.2, 0.25) is 5.95 Å². The Morgan fingerprint density at radius 3 is 2.42 bits per heavy atom. The van der Waals surface area contributed by atoms with Crippen LogP contribution in [0.25, 0.3) is 11.3 Å². The highest BCUT2D eigenvalue weighted by molar-refractivity contribution is 6.33. The molecule has 2 N–H and O–H groups in total. The molecule has 1 heterocycles. The first kappa shape index (κ1) is 22.8. The maximum absolute atomic E-state index is 13.5. The highest BCUT2D eigenvalue weighted by atomic mass is 35.5. The molecule has 0 radical (unpaired) electrons. The van der Waals surface area contributed by atoms with Crippen LogP contribution < -0.4 is 10.6 Å². The van der Waals surface area contributed by atoms with Gasteiger partial charge in [0.05, 0.1) is 22.0 Å². The number of anilines is 3. The minimum atomic E-state index is -4.56. The van der Waals surface area contributed by atoms with Crippen LogP contribution in [-0.4, -0.2) is 42.1 Å². The van der Waals surface area contributed by atoms with Gasteiger partial charge in [0.15, 0.2) is 0 Å². The smallest absolute Gasteiger partial charge is 0.354 e. The van der Waals surface area contributed by atoms with Crippen LogP contribution in [-0.2, 0) is 6.18 Å². The summed E-state index contributed by atoms with van der Waals surface area (Å²) in [5.74, 6) is 0.533. The van der Waals surface area contributed by atoms with E-state index in [-0.39, 0.29) is 16.5 Å². The molecule has 164 valence electrons. The number of nitrogens with one attached hydrogen (secondary N) is 2. The van der Waals surface area contributed by atoms with E-state index in [0.29, 0.717) is 18.2 Å². The van der Waals surface area contributed by atoms with Crippen LogP contribution in [0.5, 0.6) is 0 Å². The standard InChI is InChI=1S/C22H23ClF3N5/c1-31(2)13-7-12-27-21-28-18(15-8-4-3-5-9-15)14-19(30-21)29-20-16(22(24,25)26)10-6-11-17(20)23/h3-6,8-11,14H,7,12-13H2,1-2H3,(H2,27,28,29,30). The molecule has 3 rings (SSSR count). The summed E-state index contributed by atoms with van der Waals surface area (Å²) < 4.78 is 40.4. The SMILES string of the molecule is CN(C)CCCNc1nc(Nc2c(Cl)cccc2C(F)(F)F)cc(-c2ccccc2)n1. The molecule has 1 aromatic heterocycles. The monoisotopic (exact) mass is 449 g/mol. The number of benzene rings is 2. The number of nitrogens with zero attached hydrogens (tertiary/aromatic N) is 3. The molecule has 0 amide bonds. The van der Waals surface area contributed by atoms with Gasteiger partial charge >= 0.3 is 6.18 Å². The van der Waals surface area contributed by atoms with Gasteiger partial charge in [-0.3, -0.25) is 0 Å². The average molecular weight is 450 g/mol. The predicted octanol–water partition coefficient (Wildman–Crippen LogP) is 5.92. The van der Waals surface area contributed by atoms with Crippen molar-refractivity contribution in [3.8, 4) is 11.3 Å². The Morgan fingerprint density at radius 1 is 1.00 bits per heavy atom. The van der Waals surface area contributed by atoms with E-state index in [1.807, 2.05) is 44.4 Å². The van der Waals surface area contributed by atoms with E-state index in [4.69, 9.17) is 11.6 Å². The lowest BCUT2D eigenvalue weighted by molar-refractivity contribution is -0.136. The summed E-state index contributed by atoms with van der Waals surface area (Å²) >= 11 is 6.09. The summed E-state index contributed by atoms with van der Waals surface area (Å²) in [6.45, 7) is 1.50. The molecule has 0 aliphatic heterocycles. The van der Waals surface area contributed by atoms with Gasteiger partial charge in [0.25, 0.3) is 0 Å². The van der Waals surface area contributed by atoms with E-state index >= 15 is 0 Å². The average Bonchev–Trinajstić information content (AvgIpc) is 2.72. The summed E-state index contributed by atoms with van der Waals surface area (Å²) in [6, 6.07) is 14.6. The third-order valence-electron chi connectivity index (χ3n) is 4.43. The number of hydrogen-bond donors (Lipinski definition) is 2. The minimum Gasteiger partial charge on any atom is -0.354 e. The summed E-state index contributed by atoms with van der Waals surface area (Å²) in [4.78, 5) is 10.9. The van der Waals surface area contributed by atoms with Gasteiger partial charge in [-0.2, -0.15) is 18.2 Å². The quantitative estimate of drug-likeness (QED) is 0.418. The molecule has 0 saturated carbocycles. The Labute approximate surface area is 184 Å². The Kier molecular flexibility index (Phi) is 7.35. The first-order chi connectivity index (χ1) is 14.7. The number of halogens is 4. The maximum atomic E-state index is 13.5. The van der Waals surface area contributed by atoms with Crippen LogP contribution in [0.4, 0.5) is 30.6 Å². The molecular weight excluding hydrogens is 427 g/mol. The summed E-state index contributed by atoms with van der Waals surface area (Å²) in [5.41, 5.74) is 0.293. The lowest BCUT2D eigenvalue weighted by atomic mass is 10.1. The van der Waals surface area contributed by atoms with Gasteiger partial charge < -0.3 is 15.5 Å². The largest absolute Gasteiger partial charge is 0.418 e. The number of aromatic nitrogens is 2. The zero-order valence-corrected chi connectivity index (χ0v) is 17.9. The van der Waals surface area contributed by atoms with Gasteiger partial charge in [0, 0.05) is 18.2 Å². The Morgan fingerprint density at radius 2 is 1.74 bits per heavy atom. The first-order valence-corrected chi connectivity index (χ1v) is 10.1. The zero-order valence-electron chi connectivity index (χ0n) is 17.2. The second kappa shape index (κ2) is 9.98. The lowest BCUT2D eigenvalue weighted by Gasteiger charge is -2.17. The third kappa shape index (κ3) is 6.32. The van der Waals surface area contributed by atoms with E-state index < -0.39 is 11.7 Å². The maximum Gasteiger partial charge on any atom is 0.418 e. The molecule has 0 aliphatic rings. The molecule has 3 aromatic rings. The van der Waals surface area contributed by atoms with Crippen molar-refractivity contribution in [2.75, 3.05) is 37.8 Å². The van der Waals surface area contributed by atoms with Crippen LogP contribution in [0.15, 0.2) is 54.6 Å². The molecular formula is C22H23ClF3N5. The van der Waals surface area contributed by atoms with Crippen LogP contribution in [0.1, 0.15) is 12.0 Å². The Hall–Kier alpha value is -2.84. The highest BCUT2D eigenvalue weighted by Crippen LogP contribution is 2.40. The third-order valence-corrected chi connectivity index (χ3v) is 4.75. The molecule has 5 nitrogen and oxygen atoms in total. The number of alkyl halides is 3. The molecule has 0 spiro atoms. The van der Waals surface area contributed by atoms with E-state index in [0.717, 1.165) is 24.6 Å². The van der Waals surface area contributed by atoms with Gasteiger partial charge in [-0.05, 0) is 39.2 Å². The number of hydrogen-bond acceptors (Lipinski definition) is 5. The summed E-state index contributed by atoms with van der Waals surface area (Å²) in [5, 5.41) is 5.86. The first-order valence-electron chi connectivity index (χ1n) is 9.70. The summed E-state index contributed by atoms with van der Waals surface area (Å²) in [7, 11) is 3.97. The predicted molar refractivity (Wildman–Crippen MR) is 119 cm³/mol. The second-order valence-electron chi connectivity index (χ2n) is 7.20. The highest BCUT2D eigenvalue weighted by Gasteiger charge is 2.34. The number of rotatable bonds is 8. The van der Waals surface area contributed by atoms with E-state index in [1.165, 1.54) is 12.1 Å². The Balaban J connectivity index is 1.95. The van der Waals surface area contributed by atoms with Crippen molar-refractivity contribution in [2.24, 2.45) is 0 Å². The molecule has 31 heavy (non-hydrogen) atoms. The van der Waals surface area contributed by atoms with Crippen molar-refractivity contribution < 1.29 is 13.2 Å². The van der Waals surface area contributed by atoms with E-state index in [2.05, 4.69) is 25.5 Å². The molecule has 9 heteroatoms. The molecule has 0 unspecified atom stereocenters. The molecule has 0 fully saturated rings. The van der Waals surface area contributed by atoms with Gasteiger partial charge in [-0.15, -0.1) is 0 Å². The van der Waals surface area contributed by atoms with Crippen LogP contribution >= 0.6 is 11.6 Å². The van der Waals surface area contributed by atoms with Gasteiger partial charge in [-0.25, -0.2) is 4.98 Å². The minimum absolute atomic E-state index is 0.0461. The molecule has 0 aliphatic carbocycles. The van der Waals surface area contributed by atoms with Gasteiger partial charge in [-0.1, -0.05) is 48.0 Å². The fraction of sp³-hybridized carbons (Fsp3) is 0.273. The fourth-order valence-electron chi connectivity index (χ4n) is 2.96. The molecule has 2 aromatic carbocycles. The Bertz CT molecular complexity index is 1010. The summed E-state index contributed by atoms with van der Waals surface area (Å²) in [6.07, 6.45) is -3.70. The van der Waals surface area contributed by atoms with Crippen molar-refractivity contribution in [1.29, 1.82) is 0 Å². The molecule has 0 atom stereocenters. The van der Waals surface area contributed by atoms with Crippen molar-refractivity contribution in [1.82, 2.24) is 14.9 Å². The van der Waals surface area contributed by atoms with Crippen molar-refractivity contribution in [3.63, 3.8) is 0 Å².